The lowest BCUT2D eigenvalue weighted by molar-refractivity contribution is 0.0665. The van der Waals surface area contributed by atoms with Crippen molar-refractivity contribution >= 4 is 40.9 Å². The lowest BCUT2D eigenvalue weighted by Crippen LogP contribution is -2.46. The molecule has 0 radical (unpaired) electrons. The molecule has 0 N–H and O–H groups in total. The Balaban J connectivity index is 1.63. The van der Waals surface area contributed by atoms with E-state index in [0.29, 0.717) is 58.3 Å². The number of halogens is 2. The van der Waals surface area contributed by atoms with E-state index in [-0.39, 0.29) is 10.3 Å². The molecule has 0 saturated carbocycles. The highest BCUT2D eigenvalue weighted by Gasteiger charge is 2.29. The van der Waals surface area contributed by atoms with Gasteiger partial charge < -0.3 is 19.3 Å². The van der Waals surface area contributed by atoms with Crippen LogP contribution >= 0.6 is 23.2 Å². The van der Waals surface area contributed by atoms with Crippen molar-refractivity contribution < 1.29 is 14.3 Å². The number of carbonyl (C=O) groups excluding carboxylic acids is 1. The summed E-state index contributed by atoms with van der Waals surface area (Å²) in [6, 6.07) is 9.37. The molecule has 1 aromatic rings. The highest BCUT2D eigenvalue weighted by molar-refractivity contribution is 6.56. The maximum absolute atomic E-state index is 12.9. The summed E-state index contributed by atoms with van der Waals surface area (Å²) in [7, 11) is 0. The predicted molar refractivity (Wildman–Crippen MR) is 121 cm³/mol. The van der Waals surface area contributed by atoms with E-state index in [1.165, 1.54) is 4.90 Å². The zero-order valence-electron chi connectivity index (χ0n) is 17.2. The monoisotopic (exact) mass is 465 g/mol. The van der Waals surface area contributed by atoms with Crippen LogP contribution in [0.25, 0.3) is 0 Å². The maximum atomic E-state index is 12.9. The molecule has 0 atom stereocenters. The van der Waals surface area contributed by atoms with Crippen LogP contribution in [0, 0.1) is 0 Å². The highest BCUT2D eigenvalue weighted by atomic mass is 35.5. The van der Waals surface area contributed by atoms with Crippen molar-refractivity contribution in [2.45, 2.75) is 6.42 Å². The number of benzene rings is 1. The van der Waals surface area contributed by atoms with Gasteiger partial charge in [-0.05, 0) is 0 Å². The van der Waals surface area contributed by atoms with Gasteiger partial charge in [0.1, 0.15) is 16.2 Å². The maximum Gasteiger partial charge on any atom is 0.350 e. The first-order valence-electron chi connectivity index (χ1n) is 10.4. The smallest absolute Gasteiger partial charge is 0.350 e. The van der Waals surface area contributed by atoms with Gasteiger partial charge in [0.25, 0.3) is 0 Å². The number of hydrogen-bond donors (Lipinski definition) is 0. The zero-order valence-corrected chi connectivity index (χ0v) is 18.7. The fourth-order valence-electron chi connectivity index (χ4n) is 3.77. The highest BCUT2D eigenvalue weighted by Crippen LogP contribution is 2.25. The SMILES string of the molecule is O=C1N=C(N2CCOCC2)CCN1C(/N=C(/c1ccccc1)N1CCOCC1)=C(Cl)Cl. The summed E-state index contributed by atoms with van der Waals surface area (Å²) in [5, 5.41) is 0. The van der Waals surface area contributed by atoms with Gasteiger partial charge in [-0.25, -0.2) is 9.79 Å². The van der Waals surface area contributed by atoms with Gasteiger partial charge in [0, 0.05) is 44.7 Å². The molecule has 0 spiro atoms. The minimum atomic E-state index is -0.417. The largest absolute Gasteiger partial charge is 0.378 e. The van der Waals surface area contributed by atoms with Crippen LogP contribution in [0.15, 0.2) is 50.6 Å². The molecule has 3 heterocycles. The lowest BCUT2D eigenvalue weighted by atomic mass is 10.2. The molecule has 2 fully saturated rings. The van der Waals surface area contributed by atoms with Crippen LogP contribution in [0.4, 0.5) is 4.79 Å². The number of rotatable bonds is 3. The van der Waals surface area contributed by atoms with Crippen molar-refractivity contribution in [2.75, 3.05) is 59.2 Å². The van der Waals surface area contributed by atoms with Crippen LogP contribution < -0.4 is 0 Å². The Morgan fingerprint density at radius 3 is 2.19 bits per heavy atom. The fourth-order valence-corrected chi connectivity index (χ4v) is 4.05. The summed E-state index contributed by atoms with van der Waals surface area (Å²) in [6.07, 6.45) is 0.601. The Morgan fingerprint density at radius 2 is 1.58 bits per heavy atom. The summed E-state index contributed by atoms with van der Waals surface area (Å²) in [4.78, 5) is 27.7. The van der Waals surface area contributed by atoms with Crippen LogP contribution in [0.5, 0.6) is 0 Å². The molecule has 8 nitrogen and oxygen atoms in total. The lowest BCUT2D eigenvalue weighted by Gasteiger charge is -2.34. The first-order valence-corrected chi connectivity index (χ1v) is 11.1. The molecule has 0 unspecified atom stereocenters. The second-order valence-electron chi connectivity index (χ2n) is 7.30. The topological polar surface area (TPSA) is 70.0 Å². The minimum absolute atomic E-state index is 0.0694. The molecule has 10 heteroatoms. The van der Waals surface area contributed by atoms with Crippen molar-refractivity contribution in [3.8, 4) is 0 Å². The number of urea groups is 1. The summed E-state index contributed by atoms with van der Waals surface area (Å²) < 4.78 is 10.8. The van der Waals surface area contributed by atoms with Crippen molar-refractivity contribution in [3.05, 3.63) is 46.2 Å². The molecule has 166 valence electrons. The molecule has 2 saturated heterocycles. The quantitative estimate of drug-likeness (QED) is 0.506. The number of amidine groups is 2. The first-order chi connectivity index (χ1) is 15.1. The van der Waals surface area contributed by atoms with Crippen LogP contribution in [0.2, 0.25) is 0 Å². The zero-order chi connectivity index (χ0) is 21.6. The van der Waals surface area contributed by atoms with Crippen molar-refractivity contribution in [3.63, 3.8) is 0 Å². The molecular weight excluding hydrogens is 441 g/mol. The van der Waals surface area contributed by atoms with Gasteiger partial charge in [0.2, 0.25) is 0 Å². The van der Waals surface area contributed by atoms with Crippen molar-refractivity contribution in [1.29, 1.82) is 0 Å². The van der Waals surface area contributed by atoms with E-state index in [1.54, 1.807) is 0 Å². The second-order valence-corrected chi connectivity index (χ2v) is 8.25. The van der Waals surface area contributed by atoms with E-state index >= 15 is 0 Å². The molecular formula is C21H25Cl2N5O3. The van der Waals surface area contributed by atoms with Gasteiger partial charge in [-0.1, -0.05) is 53.5 Å². The van der Waals surface area contributed by atoms with Crippen LogP contribution in [0.1, 0.15) is 12.0 Å². The van der Waals surface area contributed by atoms with E-state index in [0.717, 1.165) is 24.5 Å². The number of morpholine rings is 2. The number of aliphatic imine (C=N–C) groups is 2. The molecule has 31 heavy (non-hydrogen) atoms. The average Bonchev–Trinajstić information content (AvgIpc) is 2.82. The standard InChI is InChI=1S/C21H25Cl2N5O3/c22-18(23)20(28-7-6-17(24-21(28)29)26-8-12-30-13-9-26)25-19(16-4-2-1-3-5-16)27-10-14-31-15-11-27/h1-5H,6-15H2/b25-19-. The summed E-state index contributed by atoms with van der Waals surface area (Å²) in [6.45, 7) is 5.74. The van der Waals surface area contributed by atoms with E-state index in [9.17, 15) is 4.79 Å². The van der Waals surface area contributed by atoms with E-state index in [4.69, 9.17) is 37.7 Å². The summed E-state index contributed by atoms with van der Waals surface area (Å²) >= 11 is 12.4. The summed E-state index contributed by atoms with van der Waals surface area (Å²) in [5.41, 5.74) is 0.915. The molecule has 3 aliphatic rings. The molecule has 0 bridgehead atoms. The Bertz CT molecular complexity index is 874. The number of hydrogen-bond acceptors (Lipinski definition) is 5. The summed E-state index contributed by atoms with van der Waals surface area (Å²) in [5.74, 6) is 1.69. The number of ether oxygens (including phenoxy) is 2. The van der Waals surface area contributed by atoms with Crippen LogP contribution in [-0.2, 0) is 9.47 Å². The fraction of sp³-hybridized carbons (Fsp3) is 0.476. The Labute approximate surface area is 191 Å². The molecule has 0 aromatic heterocycles. The second kappa shape index (κ2) is 10.5. The third-order valence-corrected chi connectivity index (χ3v) is 5.71. The minimum Gasteiger partial charge on any atom is -0.378 e. The Kier molecular flexibility index (Phi) is 7.45. The number of amides is 2. The average molecular weight is 466 g/mol. The predicted octanol–water partition coefficient (Wildman–Crippen LogP) is 2.93. The molecule has 3 aliphatic heterocycles. The van der Waals surface area contributed by atoms with Crippen LogP contribution in [-0.4, -0.2) is 91.6 Å². The van der Waals surface area contributed by atoms with Gasteiger partial charge in [-0.2, -0.15) is 4.99 Å². The van der Waals surface area contributed by atoms with Crippen molar-refractivity contribution in [1.82, 2.24) is 14.7 Å². The Morgan fingerprint density at radius 1 is 0.935 bits per heavy atom. The van der Waals surface area contributed by atoms with Gasteiger partial charge >= 0.3 is 6.03 Å². The third kappa shape index (κ3) is 5.38. The Hall–Kier alpha value is -2.13. The number of nitrogens with zero attached hydrogens (tertiary/aromatic N) is 5. The van der Waals surface area contributed by atoms with E-state index < -0.39 is 6.03 Å². The molecule has 1 aromatic carbocycles. The van der Waals surface area contributed by atoms with Gasteiger partial charge in [0.05, 0.1) is 26.4 Å². The van der Waals surface area contributed by atoms with Gasteiger partial charge in [-0.15, -0.1) is 0 Å². The van der Waals surface area contributed by atoms with Gasteiger partial charge in [-0.3, -0.25) is 4.90 Å². The van der Waals surface area contributed by atoms with Crippen LogP contribution in [0.3, 0.4) is 0 Å². The van der Waals surface area contributed by atoms with Crippen molar-refractivity contribution in [2.24, 2.45) is 9.98 Å². The third-order valence-electron chi connectivity index (χ3n) is 5.37. The molecule has 0 aliphatic carbocycles. The van der Waals surface area contributed by atoms with Gasteiger partial charge in [0.15, 0.2) is 5.82 Å². The van der Waals surface area contributed by atoms with E-state index in [2.05, 4.69) is 14.8 Å². The molecule has 4 rings (SSSR count). The van der Waals surface area contributed by atoms with E-state index in [1.807, 2.05) is 30.3 Å². The molecule has 2 amide bonds. The normalized spacial score (nSPS) is 20.6. The first kappa shape index (κ1) is 22.1. The number of carbonyl (C=O) groups is 1.